The van der Waals surface area contributed by atoms with Gasteiger partial charge in [0.15, 0.2) is 0 Å². The lowest BCUT2D eigenvalue weighted by molar-refractivity contribution is 0.309. The van der Waals surface area contributed by atoms with E-state index in [1.807, 2.05) is 19.1 Å². The van der Waals surface area contributed by atoms with Gasteiger partial charge in [0.25, 0.3) is 0 Å². The van der Waals surface area contributed by atoms with E-state index in [4.69, 9.17) is 4.74 Å². The van der Waals surface area contributed by atoms with Crippen LogP contribution in [-0.4, -0.2) is 25.2 Å². The number of ether oxygens (including phenoxy) is 1. The van der Waals surface area contributed by atoms with Crippen molar-refractivity contribution in [3.05, 3.63) is 29.2 Å². The second kappa shape index (κ2) is 6.73. The predicted molar refractivity (Wildman–Crippen MR) is 82.5 cm³/mol. The molecule has 1 heterocycles. The topological polar surface area (TPSA) is 41.9 Å². The number of anilines is 1. The van der Waals surface area contributed by atoms with Gasteiger partial charge >= 0.3 is 0 Å². The van der Waals surface area contributed by atoms with Gasteiger partial charge in [-0.15, -0.1) is 0 Å². The Morgan fingerprint density at radius 1 is 1.35 bits per heavy atom. The molecular formula is C16H24N2O2. The molecule has 1 fully saturated rings. The molecule has 0 bridgehead atoms. The minimum absolute atomic E-state index is 0.383. The van der Waals surface area contributed by atoms with Crippen molar-refractivity contribution in [1.29, 1.82) is 0 Å². The summed E-state index contributed by atoms with van der Waals surface area (Å²) in [5.41, 5.74) is 0.790. The number of hydrogen-bond donors (Lipinski definition) is 0. The molecule has 0 saturated carbocycles. The van der Waals surface area contributed by atoms with E-state index in [2.05, 4.69) is 29.1 Å². The molecule has 0 aliphatic carbocycles. The molecule has 4 nitrogen and oxygen atoms in total. The number of benzene rings is 1. The molecule has 2 rings (SSSR count). The number of nitrogens with zero attached hydrogens (tertiary/aromatic N) is 2. The Balaban J connectivity index is 1.96. The van der Waals surface area contributed by atoms with Crippen molar-refractivity contribution >= 4 is 5.69 Å². The van der Waals surface area contributed by atoms with Gasteiger partial charge in [-0.3, -0.25) is 0 Å². The molecule has 1 aromatic rings. The average Bonchev–Trinajstić information content (AvgIpc) is 2.49. The highest BCUT2D eigenvalue weighted by Gasteiger charge is 2.31. The highest BCUT2D eigenvalue weighted by atomic mass is 16.5. The molecule has 0 spiro atoms. The zero-order valence-corrected chi connectivity index (χ0v) is 12.5. The molecule has 110 valence electrons. The molecular weight excluding hydrogens is 252 g/mol. The van der Waals surface area contributed by atoms with Gasteiger partial charge in [0.2, 0.25) is 0 Å². The summed E-state index contributed by atoms with van der Waals surface area (Å²) in [6.45, 7) is 6.63. The Bertz CT molecular complexity index is 440. The zero-order chi connectivity index (χ0) is 14.4. The van der Waals surface area contributed by atoms with E-state index in [0.29, 0.717) is 0 Å². The van der Waals surface area contributed by atoms with Crippen LogP contribution in [0.1, 0.15) is 39.5 Å². The predicted octanol–water partition coefficient (Wildman–Crippen LogP) is 3.99. The first kappa shape index (κ1) is 14.8. The van der Waals surface area contributed by atoms with Gasteiger partial charge in [-0.1, -0.05) is 24.6 Å². The molecule has 20 heavy (non-hydrogen) atoms. The quantitative estimate of drug-likeness (QED) is 0.582. The Morgan fingerprint density at radius 3 is 2.75 bits per heavy atom. The monoisotopic (exact) mass is 276 g/mol. The summed E-state index contributed by atoms with van der Waals surface area (Å²) in [6.07, 6.45) is 3.86. The fourth-order valence-electron chi connectivity index (χ4n) is 2.44. The highest BCUT2D eigenvalue weighted by Crippen LogP contribution is 2.30. The molecule has 0 N–H and O–H groups in total. The van der Waals surface area contributed by atoms with Crippen LogP contribution in [0.2, 0.25) is 0 Å². The summed E-state index contributed by atoms with van der Waals surface area (Å²) in [7, 11) is 0. The summed E-state index contributed by atoms with van der Waals surface area (Å²) in [5, 5.41) is 3.27. The van der Waals surface area contributed by atoms with Crippen molar-refractivity contribution < 1.29 is 4.74 Å². The van der Waals surface area contributed by atoms with Crippen molar-refractivity contribution in [3.63, 3.8) is 0 Å². The lowest BCUT2D eigenvalue weighted by atomic mass is 9.90. The Hall–Kier alpha value is -1.58. The lowest BCUT2D eigenvalue weighted by Gasteiger charge is -2.36. The van der Waals surface area contributed by atoms with Gasteiger partial charge in [0.05, 0.1) is 6.61 Å². The summed E-state index contributed by atoms with van der Waals surface area (Å²) in [4.78, 5) is 13.1. The minimum atomic E-state index is -0.383. The molecule has 0 unspecified atom stereocenters. The van der Waals surface area contributed by atoms with Crippen molar-refractivity contribution in [2.75, 3.05) is 24.6 Å². The summed E-state index contributed by atoms with van der Waals surface area (Å²) < 4.78 is 5.74. The number of piperidine rings is 1. The van der Waals surface area contributed by atoms with E-state index >= 15 is 0 Å². The molecule has 1 aromatic carbocycles. The van der Waals surface area contributed by atoms with Crippen LogP contribution < -0.4 is 9.64 Å². The molecule has 0 radical (unpaired) electrons. The highest BCUT2D eigenvalue weighted by molar-refractivity contribution is 5.51. The minimum Gasteiger partial charge on any atom is -0.494 e. The van der Waals surface area contributed by atoms with Crippen molar-refractivity contribution in [3.8, 4) is 5.75 Å². The van der Waals surface area contributed by atoms with E-state index in [-0.39, 0.29) is 5.54 Å². The van der Waals surface area contributed by atoms with Crippen LogP contribution >= 0.6 is 0 Å². The van der Waals surface area contributed by atoms with Gasteiger partial charge in [-0.2, -0.15) is 4.91 Å². The van der Waals surface area contributed by atoms with Crippen LogP contribution in [0.3, 0.4) is 0 Å². The molecule has 0 amide bonds. The summed E-state index contributed by atoms with van der Waals surface area (Å²) in [5.74, 6) is 0.929. The first-order valence-electron chi connectivity index (χ1n) is 7.49. The van der Waals surface area contributed by atoms with Crippen molar-refractivity contribution in [1.82, 2.24) is 0 Å². The van der Waals surface area contributed by atoms with Crippen LogP contribution in [0.5, 0.6) is 5.75 Å². The SMILES string of the molecule is CCCCOc1cccc(N2CCC(C)(N=O)CC2)c1. The van der Waals surface area contributed by atoms with E-state index in [0.717, 1.165) is 51.1 Å². The van der Waals surface area contributed by atoms with Crippen LogP contribution in [0.4, 0.5) is 5.69 Å². The molecule has 4 heteroatoms. The first-order valence-corrected chi connectivity index (χ1v) is 7.49. The van der Waals surface area contributed by atoms with E-state index in [9.17, 15) is 4.91 Å². The molecule has 1 aliphatic rings. The van der Waals surface area contributed by atoms with Crippen molar-refractivity contribution in [2.45, 2.75) is 45.1 Å². The number of rotatable bonds is 6. The fraction of sp³-hybridized carbons (Fsp3) is 0.625. The van der Waals surface area contributed by atoms with Crippen LogP contribution in [0, 0.1) is 4.91 Å². The molecule has 1 aliphatic heterocycles. The van der Waals surface area contributed by atoms with Gasteiger partial charge in [0, 0.05) is 24.8 Å². The largest absolute Gasteiger partial charge is 0.494 e. The second-order valence-corrected chi connectivity index (χ2v) is 5.77. The maximum absolute atomic E-state index is 10.8. The molecule has 1 saturated heterocycles. The van der Waals surface area contributed by atoms with E-state index in [1.165, 1.54) is 5.69 Å². The van der Waals surface area contributed by atoms with Crippen molar-refractivity contribution in [2.24, 2.45) is 5.18 Å². The standard InChI is InChI=1S/C16H24N2O2/c1-3-4-12-20-15-7-5-6-14(13-15)18-10-8-16(2,17-19)9-11-18/h5-7,13H,3-4,8-12H2,1-2H3. The zero-order valence-electron chi connectivity index (χ0n) is 12.5. The summed E-state index contributed by atoms with van der Waals surface area (Å²) in [6, 6.07) is 8.22. The third-order valence-corrected chi connectivity index (χ3v) is 4.01. The van der Waals surface area contributed by atoms with Gasteiger partial charge in [-0.25, -0.2) is 0 Å². The van der Waals surface area contributed by atoms with Crippen LogP contribution in [0.25, 0.3) is 0 Å². The van der Waals surface area contributed by atoms with E-state index in [1.54, 1.807) is 0 Å². The maximum Gasteiger partial charge on any atom is 0.121 e. The number of unbranched alkanes of at least 4 members (excludes halogenated alkanes) is 1. The van der Waals surface area contributed by atoms with Gasteiger partial charge in [-0.05, 0) is 38.3 Å². The first-order chi connectivity index (χ1) is 9.67. The molecule has 0 aromatic heterocycles. The van der Waals surface area contributed by atoms with E-state index < -0.39 is 0 Å². The third kappa shape index (κ3) is 3.71. The van der Waals surface area contributed by atoms with Gasteiger partial charge in [0.1, 0.15) is 11.3 Å². The van der Waals surface area contributed by atoms with Crippen LogP contribution in [-0.2, 0) is 0 Å². The Labute approximate surface area is 121 Å². The lowest BCUT2D eigenvalue weighted by Crippen LogP contribution is -2.41. The Morgan fingerprint density at radius 2 is 2.10 bits per heavy atom. The third-order valence-electron chi connectivity index (χ3n) is 4.01. The second-order valence-electron chi connectivity index (χ2n) is 5.77. The fourth-order valence-corrected chi connectivity index (χ4v) is 2.44. The maximum atomic E-state index is 10.8. The molecule has 0 atom stereocenters. The normalized spacial score (nSPS) is 17.8. The Kier molecular flexibility index (Phi) is 4.99. The number of hydrogen-bond acceptors (Lipinski definition) is 4. The smallest absolute Gasteiger partial charge is 0.121 e. The summed E-state index contributed by atoms with van der Waals surface area (Å²) >= 11 is 0. The number of nitroso groups, excluding NO2 is 1. The van der Waals surface area contributed by atoms with Crippen LogP contribution in [0.15, 0.2) is 29.4 Å². The van der Waals surface area contributed by atoms with Gasteiger partial charge < -0.3 is 9.64 Å². The average molecular weight is 276 g/mol.